The van der Waals surface area contributed by atoms with Crippen LogP contribution in [0, 0.1) is 18.7 Å². The molecule has 0 radical (unpaired) electrons. The number of halogens is 2. The Morgan fingerprint density at radius 3 is 2.57 bits per heavy atom. The number of rotatable bonds is 8. The lowest BCUT2D eigenvalue weighted by Gasteiger charge is -2.36. The summed E-state index contributed by atoms with van der Waals surface area (Å²) in [6.45, 7) is 1.76. The van der Waals surface area contributed by atoms with Crippen molar-refractivity contribution in [3.63, 3.8) is 0 Å². The van der Waals surface area contributed by atoms with Crippen molar-refractivity contribution in [2.75, 3.05) is 10.8 Å². The van der Waals surface area contributed by atoms with Crippen LogP contribution in [0.5, 0.6) is 5.75 Å². The van der Waals surface area contributed by atoms with Crippen LogP contribution in [0.25, 0.3) is 11.1 Å². The van der Waals surface area contributed by atoms with Crippen molar-refractivity contribution < 1.29 is 27.1 Å². The van der Waals surface area contributed by atoms with Gasteiger partial charge in [-0.05, 0) is 67.6 Å². The van der Waals surface area contributed by atoms with Crippen LogP contribution in [0.15, 0.2) is 65.6 Å². The maximum absolute atomic E-state index is 14.1. The van der Waals surface area contributed by atoms with E-state index in [9.17, 15) is 22.4 Å². The number of carbonyl (C=O) groups is 2. The number of carbonyl (C=O) groups excluding carboxylic acids is 2. The van der Waals surface area contributed by atoms with Gasteiger partial charge in [0.05, 0.1) is 22.2 Å². The number of benzene rings is 3. The van der Waals surface area contributed by atoms with Gasteiger partial charge in [-0.3, -0.25) is 13.9 Å². The van der Waals surface area contributed by atoms with Crippen molar-refractivity contribution in [1.29, 1.82) is 0 Å². The van der Waals surface area contributed by atoms with Gasteiger partial charge in [-0.2, -0.15) is 0 Å². The fourth-order valence-electron chi connectivity index (χ4n) is 4.48. The number of sulfonamides is 1. The number of hydrogen-bond donors (Lipinski definition) is 0. The Kier molecular flexibility index (Phi) is 6.81. The predicted molar refractivity (Wildman–Crippen MR) is 139 cm³/mol. The first-order valence-electron chi connectivity index (χ1n) is 12.1. The summed E-state index contributed by atoms with van der Waals surface area (Å²) in [5.41, 5.74) is 2.02. The number of nitrogens with zero attached hydrogens (tertiary/aromatic N) is 1. The lowest BCUT2D eigenvalue weighted by atomic mass is 10.0. The summed E-state index contributed by atoms with van der Waals surface area (Å²) in [4.78, 5) is 24.6. The fraction of sp³-hybridized carbons (Fsp3) is 0.286. The average Bonchev–Trinajstić information content (AvgIpc) is 3.73. The van der Waals surface area contributed by atoms with E-state index in [1.807, 2.05) is 13.0 Å². The molecule has 0 saturated heterocycles. The summed E-state index contributed by atoms with van der Waals surface area (Å²) in [7, 11) is -4.01. The van der Waals surface area contributed by atoms with E-state index in [0.717, 1.165) is 18.4 Å². The van der Waals surface area contributed by atoms with Gasteiger partial charge in [0.1, 0.15) is 17.7 Å². The van der Waals surface area contributed by atoms with E-state index >= 15 is 0 Å². The van der Waals surface area contributed by atoms with Crippen molar-refractivity contribution in [3.05, 3.63) is 77.1 Å². The molecule has 0 aromatic heterocycles. The van der Waals surface area contributed by atoms with Crippen molar-refractivity contribution in [2.24, 2.45) is 5.92 Å². The van der Waals surface area contributed by atoms with Gasteiger partial charge in [0.2, 0.25) is 5.78 Å². The summed E-state index contributed by atoms with van der Waals surface area (Å²) in [5.74, 6) is -1.22. The molecule has 37 heavy (non-hydrogen) atoms. The topological polar surface area (TPSA) is 80.8 Å². The first-order valence-corrected chi connectivity index (χ1v) is 13.9. The summed E-state index contributed by atoms with van der Waals surface area (Å²) in [6, 6.07) is 15.9. The maximum atomic E-state index is 14.1. The molecule has 5 rings (SSSR count). The molecule has 9 heteroatoms. The molecule has 1 saturated carbocycles. The minimum absolute atomic E-state index is 0.00928. The molecular formula is C28H25ClFNO5S. The Morgan fingerprint density at radius 1 is 1.08 bits per heavy atom. The van der Waals surface area contributed by atoms with E-state index in [4.69, 9.17) is 16.3 Å². The molecule has 1 fully saturated rings. The van der Waals surface area contributed by atoms with Gasteiger partial charge in [0.25, 0.3) is 10.0 Å². The zero-order chi connectivity index (χ0) is 26.3. The SMILES string of the molecule is Cc1cccc(S(=O)(=O)N2C[C@H](CCC(=O)C(=O)C3CC3)Oc3ccc(-c4cccc(F)c4Cl)cc32)c1. The van der Waals surface area contributed by atoms with Crippen LogP contribution >= 0.6 is 11.6 Å². The Morgan fingerprint density at radius 2 is 1.84 bits per heavy atom. The molecule has 0 bridgehead atoms. The Labute approximate surface area is 220 Å². The normalized spacial score (nSPS) is 17.2. The lowest BCUT2D eigenvalue weighted by molar-refractivity contribution is -0.137. The van der Waals surface area contributed by atoms with Crippen LogP contribution in [0.3, 0.4) is 0 Å². The number of Topliss-reactive ketones (excluding diaryl/α,β-unsaturated/α-hetero) is 2. The highest BCUT2D eigenvalue weighted by Crippen LogP contribution is 2.42. The fourth-order valence-corrected chi connectivity index (χ4v) is 6.31. The van der Waals surface area contributed by atoms with Crippen molar-refractivity contribution in [2.45, 2.75) is 43.6 Å². The number of anilines is 1. The van der Waals surface area contributed by atoms with E-state index < -0.39 is 27.7 Å². The second-order valence-electron chi connectivity index (χ2n) is 9.48. The molecule has 0 amide bonds. The Bertz CT molecular complexity index is 1500. The third-order valence-corrected chi connectivity index (χ3v) is 8.81. The predicted octanol–water partition coefficient (Wildman–Crippen LogP) is 5.74. The van der Waals surface area contributed by atoms with Gasteiger partial charge in [-0.25, -0.2) is 12.8 Å². The van der Waals surface area contributed by atoms with Gasteiger partial charge >= 0.3 is 0 Å². The molecule has 1 atom stereocenters. The van der Waals surface area contributed by atoms with Gasteiger partial charge in [-0.15, -0.1) is 0 Å². The molecule has 3 aromatic carbocycles. The smallest absolute Gasteiger partial charge is 0.264 e. The summed E-state index contributed by atoms with van der Waals surface area (Å²) < 4.78 is 49.1. The third kappa shape index (κ3) is 5.13. The molecule has 1 aliphatic heterocycles. The minimum atomic E-state index is -4.01. The van der Waals surface area contributed by atoms with Gasteiger partial charge in [0.15, 0.2) is 5.78 Å². The highest BCUT2D eigenvalue weighted by molar-refractivity contribution is 7.92. The van der Waals surface area contributed by atoms with E-state index in [2.05, 4.69) is 0 Å². The molecule has 2 aliphatic rings. The highest BCUT2D eigenvalue weighted by atomic mass is 35.5. The summed E-state index contributed by atoms with van der Waals surface area (Å²) in [6.07, 6.45) is 1.06. The summed E-state index contributed by atoms with van der Waals surface area (Å²) in [5, 5.41) is -0.0658. The number of ether oxygens (including phenoxy) is 1. The molecule has 192 valence electrons. The van der Waals surface area contributed by atoms with E-state index in [-0.39, 0.29) is 46.7 Å². The first-order chi connectivity index (χ1) is 17.6. The monoisotopic (exact) mass is 541 g/mol. The van der Waals surface area contributed by atoms with E-state index in [1.165, 1.54) is 22.5 Å². The quantitative estimate of drug-likeness (QED) is 0.340. The van der Waals surface area contributed by atoms with E-state index in [0.29, 0.717) is 16.9 Å². The lowest BCUT2D eigenvalue weighted by Crippen LogP contribution is -2.43. The Hall–Kier alpha value is -3.23. The van der Waals surface area contributed by atoms with Gasteiger partial charge in [-0.1, -0.05) is 41.9 Å². The first kappa shape index (κ1) is 25.4. The number of aryl methyl sites for hydroxylation is 1. The van der Waals surface area contributed by atoms with Crippen LogP contribution in [0.2, 0.25) is 5.02 Å². The average molecular weight is 542 g/mol. The van der Waals surface area contributed by atoms with Crippen LogP contribution in [-0.4, -0.2) is 32.6 Å². The third-order valence-electron chi connectivity index (χ3n) is 6.65. The molecular weight excluding hydrogens is 517 g/mol. The second kappa shape index (κ2) is 9.91. The van der Waals surface area contributed by atoms with Crippen molar-refractivity contribution >= 4 is 38.9 Å². The summed E-state index contributed by atoms with van der Waals surface area (Å²) >= 11 is 6.20. The molecule has 1 heterocycles. The van der Waals surface area contributed by atoms with Gasteiger partial charge < -0.3 is 4.74 Å². The zero-order valence-electron chi connectivity index (χ0n) is 20.1. The van der Waals surface area contributed by atoms with Crippen LogP contribution in [0.4, 0.5) is 10.1 Å². The minimum Gasteiger partial charge on any atom is -0.486 e. The molecule has 0 unspecified atom stereocenters. The van der Waals surface area contributed by atoms with Crippen LogP contribution < -0.4 is 9.04 Å². The van der Waals surface area contributed by atoms with Crippen LogP contribution in [-0.2, 0) is 19.6 Å². The maximum Gasteiger partial charge on any atom is 0.264 e. The largest absolute Gasteiger partial charge is 0.486 e. The number of fused-ring (bicyclic) bond motifs is 1. The van der Waals surface area contributed by atoms with Crippen molar-refractivity contribution in [1.82, 2.24) is 0 Å². The molecule has 6 nitrogen and oxygen atoms in total. The standard InChI is InChI=1S/C28H25ClFNO5S/c1-17-4-2-5-21(14-17)37(34,35)31-16-20(11-12-25(32)28(33)18-8-9-18)36-26-13-10-19(15-24(26)31)22-6-3-7-23(30)27(22)29/h2-7,10,13-15,18,20H,8-9,11-12,16H2,1H3/t20-/m0/s1. The molecule has 1 aliphatic carbocycles. The van der Waals surface area contributed by atoms with Gasteiger partial charge in [0, 0.05) is 17.9 Å². The number of ketones is 2. The molecule has 0 N–H and O–H groups in total. The second-order valence-corrected chi connectivity index (χ2v) is 11.7. The van der Waals surface area contributed by atoms with E-state index in [1.54, 1.807) is 36.4 Å². The number of hydrogen-bond acceptors (Lipinski definition) is 5. The zero-order valence-corrected chi connectivity index (χ0v) is 21.7. The van der Waals surface area contributed by atoms with Crippen molar-refractivity contribution in [3.8, 4) is 16.9 Å². The molecule has 0 spiro atoms. The van der Waals surface area contributed by atoms with Crippen LogP contribution in [0.1, 0.15) is 31.2 Å². The Balaban J connectivity index is 1.51. The molecule has 3 aromatic rings. The highest BCUT2D eigenvalue weighted by Gasteiger charge is 2.37.